The minimum atomic E-state index is 0.631. The molecule has 2 nitrogen and oxygen atoms in total. The van der Waals surface area contributed by atoms with Crippen LogP contribution in [-0.2, 0) is 6.42 Å². The van der Waals surface area contributed by atoms with Crippen molar-refractivity contribution >= 4 is 15.9 Å². The van der Waals surface area contributed by atoms with Gasteiger partial charge in [-0.25, -0.2) is 0 Å². The Morgan fingerprint density at radius 2 is 2.36 bits per heavy atom. The van der Waals surface area contributed by atoms with Crippen LogP contribution in [0.15, 0.2) is 18.6 Å². The van der Waals surface area contributed by atoms with Crippen molar-refractivity contribution in [3.63, 3.8) is 0 Å². The van der Waals surface area contributed by atoms with Gasteiger partial charge in [0.05, 0.1) is 5.69 Å². The van der Waals surface area contributed by atoms with Crippen LogP contribution in [0.25, 0.3) is 0 Å². The number of hydrogen-bond acceptors (Lipinski definition) is 2. The second-order valence-corrected chi connectivity index (χ2v) is 3.31. The Balaban J connectivity index is 2.51. The molecule has 0 bridgehead atoms. The average Bonchev–Trinajstić information content (AvgIpc) is 2.06. The summed E-state index contributed by atoms with van der Waals surface area (Å²) < 4.78 is 0. The van der Waals surface area contributed by atoms with Crippen molar-refractivity contribution in [1.82, 2.24) is 9.97 Å². The number of aromatic nitrogens is 2. The fraction of sp³-hybridized carbons (Fsp3) is 0.500. The summed E-state index contributed by atoms with van der Waals surface area (Å²) in [6, 6.07) is 0. The lowest BCUT2D eigenvalue weighted by molar-refractivity contribution is 0.648. The van der Waals surface area contributed by atoms with Crippen LogP contribution < -0.4 is 0 Å². The molecule has 0 aliphatic rings. The lowest BCUT2D eigenvalue weighted by atomic mass is 10.1. The van der Waals surface area contributed by atoms with E-state index in [0.717, 1.165) is 17.4 Å². The molecule has 60 valence electrons. The van der Waals surface area contributed by atoms with Crippen molar-refractivity contribution in [1.29, 1.82) is 0 Å². The molecule has 3 heteroatoms. The van der Waals surface area contributed by atoms with Crippen molar-refractivity contribution in [2.45, 2.75) is 13.3 Å². The van der Waals surface area contributed by atoms with Gasteiger partial charge >= 0.3 is 0 Å². The van der Waals surface area contributed by atoms with Gasteiger partial charge in [-0.05, 0) is 12.3 Å². The van der Waals surface area contributed by atoms with Gasteiger partial charge in [-0.2, -0.15) is 0 Å². The van der Waals surface area contributed by atoms with Gasteiger partial charge in [0.1, 0.15) is 0 Å². The van der Waals surface area contributed by atoms with E-state index in [1.807, 2.05) is 6.20 Å². The van der Waals surface area contributed by atoms with Gasteiger partial charge in [-0.3, -0.25) is 9.97 Å². The largest absolute Gasteiger partial charge is 0.261 e. The maximum Gasteiger partial charge on any atom is 0.0589 e. The zero-order valence-electron chi connectivity index (χ0n) is 6.50. The highest BCUT2D eigenvalue weighted by atomic mass is 79.9. The van der Waals surface area contributed by atoms with Gasteiger partial charge in [0.25, 0.3) is 0 Å². The van der Waals surface area contributed by atoms with E-state index in [1.54, 1.807) is 12.4 Å². The molecule has 0 spiro atoms. The molecule has 11 heavy (non-hydrogen) atoms. The highest BCUT2D eigenvalue weighted by Crippen LogP contribution is 2.06. The Morgan fingerprint density at radius 1 is 1.55 bits per heavy atom. The maximum atomic E-state index is 4.18. The van der Waals surface area contributed by atoms with E-state index in [2.05, 4.69) is 32.8 Å². The third-order valence-electron chi connectivity index (χ3n) is 1.44. The lowest BCUT2D eigenvalue weighted by Gasteiger charge is -2.04. The van der Waals surface area contributed by atoms with Crippen molar-refractivity contribution in [2.75, 3.05) is 5.33 Å². The predicted octanol–water partition coefficient (Wildman–Crippen LogP) is 2.05. The number of alkyl halides is 1. The molecule has 0 saturated carbocycles. The fourth-order valence-electron chi connectivity index (χ4n) is 0.847. The Bertz CT molecular complexity index is 201. The van der Waals surface area contributed by atoms with Gasteiger partial charge < -0.3 is 0 Å². The molecule has 1 aromatic heterocycles. The van der Waals surface area contributed by atoms with Crippen LogP contribution in [0, 0.1) is 5.92 Å². The third-order valence-corrected chi connectivity index (χ3v) is 2.54. The molecule has 1 atom stereocenters. The third kappa shape index (κ3) is 2.97. The SMILES string of the molecule is CC(CBr)Cc1cnccn1. The lowest BCUT2D eigenvalue weighted by Crippen LogP contribution is -2.02. The molecule has 0 fully saturated rings. The van der Waals surface area contributed by atoms with E-state index in [1.165, 1.54) is 0 Å². The van der Waals surface area contributed by atoms with Gasteiger partial charge in [0, 0.05) is 23.9 Å². The van der Waals surface area contributed by atoms with Crippen molar-refractivity contribution in [3.8, 4) is 0 Å². The van der Waals surface area contributed by atoms with Gasteiger partial charge in [-0.15, -0.1) is 0 Å². The average molecular weight is 215 g/mol. The molecule has 0 N–H and O–H groups in total. The molecular formula is C8H11BrN2. The van der Waals surface area contributed by atoms with E-state index in [4.69, 9.17) is 0 Å². The molecule has 0 saturated heterocycles. The van der Waals surface area contributed by atoms with Crippen molar-refractivity contribution in [3.05, 3.63) is 24.3 Å². The summed E-state index contributed by atoms with van der Waals surface area (Å²) in [6.07, 6.45) is 6.25. The molecule has 1 aromatic rings. The second kappa shape index (κ2) is 4.44. The molecular weight excluding hydrogens is 204 g/mol. The first kappa shape index (κ1) is 8.65. The molecule has 0 amide bonds. The highest BCUT2D eigenvalue weighted by Gasteiger charge is 2.01. The summed E-state index contributed by atoms with van der Waals surface area (Å²) in [5.41, 5.74) is 1.07. The van der Waals surface area contributed by atoms with Gasteiger partial charge in [-0.1, -0.05) is 22.9 Å². The van der Waals surface area contributed by atoms with Crippen LogP contribution in [0.5, 0.6) is 0 Å². The Labute approximate surface area is 75.2 Å². The Hall–Kier alpha value is -0.440. The molecule has 0 aliphatic heterocycles. The number of halogens is 1. The summed E-state index contributed by atoms with van der Waals surface area (Å²) in [5.74, 6) is 0.631. The molecule has 1 heterocycles. The van der Waals surface area contributed by atoms with Crippen molar-refractivity contribution in [2.24, 2.45) is 5.92 Å². The molecule has 0 radical (unpaired) electrons. The van der Waals surface area contributed by atoms with E-state index >= 15 is 0 Å². The van der Waals surface area contributed by atoms with Crippen LogP contribution in [0.3, 0.4) is 0 Å². The van der Waals surface area contributed by atoms with Crippen LogP contribution in [-0.4, -0.2) is 15.3 Å². The number of rotatable bonds is 3. The fourth-order valence-corrected chi connectivity index (χ4v) is 1.08. The Kier molecular flexibility index (Phi) is 3.49. The van der Waals surface area contributed by atoms with Gasteiger partial charge in [0.2, 0.25) is 0 Å². The molecule has 1 rings (SSSR count). The number of hydrogen-bond donors (Lipinski definition) is 0. The van der Waals surface area contributed by atoms with Crippen LogP contribution in [0.2, 0.25) is 0 Å². The van der Waals surface area contributed by atoms with Crippen LogP contribution in [0.1, 0.15) is 12.6 Å². The highest BCUT2D eigenvalue weighted by molar-refractivity contribution is 9.09. The zero-order valence-corrected chi connectivity index (χ0v) is 8.08. The second-order valence-electron chi connectivity index (χ2n) is 2.66. The first-order valence-corrected chi connectivity index (χ1v) is 4.76. The van der Waals surface area contributed by atoms with Crippen LogP contribution >= 0.6 is 15.9 Å². The standard InChI is InChI=1S/C8H11BrN2/c1-7(5-9)4-8-6-10-2-3-11-8/h2-3,6-7H,4-5H2,1H3. The first-order chi connectivity index (χ1) is 5.33. The van der Waals surface area contributed by atoms with E-state index < -0.39 is 0 Å². The summed E-state index contributed by atoms with van der Waals surface area (Å²) >= 11 is 3.42. The minimum Gasteiger partial charge on any atom is -0.261 e. The minimum absolute atomic E-state index is 0.631. The van der Waals surface area contributed by atoms with E-state index in [-0.39, 0.29) is 0 Å². The topological polar surface area (TPSA) is 25.8 Å². The smallest absolute Gasteiger partial charge is 0.0589 e. The zero-order chi connectivity index (χ0) is 8.10. The Morgan fingerprint density at radius 3 is 2.91 bits per heavy atom. The first-order valence-electron chi connectivity index (χ1n) is 3.63. The molecule has 1 unspecified atom stereocenters. The van der Waals surface area contributed by atoms with E-state index in [9.17, 15) is 0 Å². The van der Waals surface area contributed by atoms with Crippen molar-refractivity contribution < 1.29 is 0 Å². The van der Waals surface area contributed by atoms with Gasteiger partial charge in [0.15, 0.2) is 0 Å². The quantitative estimate of drug-likeness (QED) is 0.721. The molecule has 0 aliphatic carbocycles. The summed E-state index contributed by atoms with van der Waals surface area (Å²) in [6.45, 7) is 2.18. The molecule has 0 aromatic carbocycles. The number of nitrogens with zero attached hydrogens (tertiary/aromatic N) is 2. The summed E-state index contributed by atoms with van der Waals surface area (Å²) in [4.78, 5) is 8.18. The monoisotopic (exact) mass is 214 g/mol. The van der Waals surface area contributed by atoms with E-state index in [0.29, 0.717) is 5.92 Å². The maximum absolute atomic E-state index is 4.18. The van der Waals surface area contributed by atoms with Crippen LogP contribution in [0.4, 0.5) is 0 Å². The summed E-state index contributed by atoms with van der Waals surface area (Å²) in [5, 5.41) is 1.02. The predicted molar refractivity (Wildman–Crippen MR) is 48.7 cm³/mol. The normalized spacial score (nSPS) is 12.9. The summed E-state index contributed by atoms with van der Waals surface area (Å²) in [7, 11) is 0.